The Morgan fingerprint density at radius 2 is 2.35 bits per heavy atom. The van der Waals surface area contributed by atoms with E-state index >= 15 is 0 Å². The Morgan fingerprint density at radius 1 is 1.50 bits per heavy atom. The van der Waals surface area contributed by atoms with Crippen molar-refractivity contribution >= 4 is 0 Å². The summed E-state index contributed by atoms with van der Waals surface area (Å²) >= 11 is 0. The summed E-state index contributed by atoms with van der Waals surface area (Å²) in [7, 11) is 0. The first kappa shape index (κ1) is 15.0. The number of nitrogens with zero attached hydrogens (tertiary/aromatic N) is 1. The highest BCUT2D eigenvalue weighted by atomic mass is 19.1. The third-order valence-corrected chi connectivity index (χ3v) is 3.46. The summed E-state index contributed by atoms with van der Waals surface area (Å²) in [6.45, 7) is 5.46. The quantitative estimate of drug-likeness (QED) is 0.855. The van der Waals surface area contributed by atoms with Crippen LogP contribution in [-0.4, -0.2) is 37.2 Å². The number of hydrogen-bond donors (Lipinski definition) is 1. The second-order valence-corrected chi connectivity index (χ2v) is 4.95. The zero-order valence-electron chi connectivity index (χ0n) is 11.9. The molecular weight excluding hydrogens is 255 g/mol. The molecule has 0 bridgehead atoms. The fourth-order valence-electron chi connectivity index (χ4n) is 2.32. The lowest BCUT2D eigenvalue weighted by Gasteiger charge is -2.32. The Balaban J connectivity index is 2.02. The van der Waals surface area contributed by atoms with Gasteiger partial charge in [-0.15, -0.1) is 0 Å². The molecule has 1 saturated heterocycles. The monoisotopic (exact) mass is 276 g/mol. The lowest BCUT2D eigenvalue weighted by molar-refractivity contribution is -0.0327. The van der Waals surface area contributed by atoms with Crippen molar-refractivity contribution in [2.24, 2.45) is 5.73 Å². The molecule has 1 aliphatic rings. The van der Waals surface area contributed by atoms with Crippen LogP contribution in [0, 0.1) is 17.7 Å². The smallest absolute Gasteiger partial charge is 0.128 e. The molecule has 0 aromatic heterocycles. The van der Waals surface area contributed by atoms with Gasteiger partial charge >= 0.3 is 0 Å². The van der Waals surface area contributed by atoms with E-state index in [0.717, 1.165) is 26.1 Å². The van der Waals surface area contributed by atoms with E-state index in [4.69, 9.17) is 10.5 Å². The predicted octanol–water partition coefficient (Wildman–Crippen LogP) is 1.75. The standard InChI is InChI=1S/C16H21FN2O/c1-2-15-12-19(8-9-20-15)11-14-6-5-13(4-3-7-18)10-16(14)17/h5-6,10,15H,2,7-9,11-12,18H2,1H3. The van der Waals surface area contributed by atoms with Crippen molar-refractivity contribution in [1.29, 1.82) is 0 Å². The number of benzene rings is 1. The van der Waals surface area contributed by atoms with Gasteiger partial charge in [0.15, 0.2) is 0 Å². The summed E-state index contributed by atoms with van der Waals surface area (Å²) < 4.78 is 19.7. The normalized spacial score (nSPS) is 19.4. The molecule has 1 aromatic rings. The van der Waals surface area contributed by atoms with E-state index in [2.05, 4.69) is 23.7 Å². The van der Waals surface area contributed by atoms with E-state index in [-0.39, 0.29) is 18.5 Å². The molecule has 2 N–H and O–H groups in total. The molecule has 1 unspecified atom stereocenters. The van der Waals surface area contributed by atoms with Gasteiger partial charge in [-0.2, -0.15) is 0 Å². The molecule has 1 fully saturated rings. The van der Waals surface area contributed by atoms with E-state index < -0.39 is 0 Å². The topological polar surface area (TPSA) is 38.5 Å². The minimum Gasteiger partial charge on any atom is -0.376 e. The summed E-state index contributed by atoms with van der Waals surface area (Å²) in [5, 5.41) is 0. The van der Waals surface area contributed by atoms with Gasteiger partial charge in [0.05, 0.1) is 19.3 Å². The number of rotatable bonds is 3. The fourth-order valence-corrected chi connectivity index (χ4v) is 2.32. The molecule has 2 rings (SSSR count). The van der Waals surface area contributed by atoms with Gasteiger partial charge in [0.1, 0.15) is 5.82 Å². The van der Waals surface area contributed by atoms with Crippen molar-refractivity contribution in [1.82, 2.24) is 4.90 Å². The van der Waals surface area contributed by atoms with Crippen LogP contribution in [0.1, 0.15) is 24.5 Å². The summed E-state index contributed by atoms with van der Waals surface area (Å²) in [5.41, 5.74) is 6.69. The number of halogens is 1. The highest BCUT2D eigenvalue weighted by molar-refractivity contribution is 5.37. The van der Waals surface area contributed by atoms with Crippen LogP contribution in [0.25, 0.3) is 0 Å². The molecule has 0 amide bonds. The SMILES string of the molecule is CCC1CN(Cc2ccc(C#CCN)cc2F)CCO1. The number of hydrogen-bond acceptors (Lipinski definition) is 3. The van der Waals surface area contributed by atoms with Crippen LogP contribution in [0.3, 0.4) is 0 Å². The molecule has 1 aliphatic heterocycles. The van der Waals surface area contributed by atoms with Gasteiger partial charge in [0, 0.05) is 30.8 Å². The zero-order chi connectivity index (χ0) is 14.4. The van der Waals surface area contributed by atoms with E-state index in [0.29, 0.717) is 17.7 Å². The van der Waals surface area contributed by atoms with Gasteiger partial charge < -0.3 is 10.5 Å². The van der Waals surface area contributed by atoms with Gasteiger partial charge in [-0.1, -0.05) is 24.8 Å². The van der Waals surface area contributed by atoms with Crippen molar-refractivity contribution in [2.75, 3.05) is 26.2 Å². The molecule has 1 heterocycles. The molecule has 20 heavy (non-hydrogen) atoms. The van der Waals surface area contributed by atoms with Crippen LogP contribution >= 0.6 is 0 Å². The second kappa shape index (κ2) is 7.39. The first-order chi connectivity index (χ1) is 9.72. The maximum atomic E-state index is 14.1. The minimum absolute atomic E-state index is 0.201. The lowest BCUT2D eigenvalue weighted by atomic mass is 10.1. The van der Waals surface area contributed by atoms with E-state index in [9.17, 15) is 4.39 Å². The van der Waals surface area contributed by atoms with Crippen LogP contribution in [0.15, 0.2) is 18.2 Å². The van der Waals surface area contributed by atoms with Crippen LogP contribution < -0.4 is 5.73 Å². The highest BCUT2D eigenvalue weighted by Crippen LogP contribution is 2.16. The van der Waals surface area contributed by atoms with Gasteiger partial charge in [-0.25, -0.2) is 4.39 Å². The Morgan fingerprint density at radius 3 is 3.05 bits per heavy atom. The fraction of sp³-hybridized carbons (Fsp3) is 0.500. The molecule has 0 radical (unpaired) electrons. The van der Waals surface area contributed by atoms with E-state index in [1.807, 2.05) is 12.1 Å². The third kappa shape index (κ3) is 4.04. The van der Waals surface area contributed by atoms with Crippen LogP contribution in [0.5, 0.6) is 0 Å². The predicted molar refractivity (Wildman–Crippen MR) is 77.6 cm³/mol. The first-order valence-electron chi connectivity index (χ1n) is 7.04. The lowest BCUT2D eigenvalue weighted by Crippen LogP contribution is -2.41. The highest BCUT2D eigenvalue weighted by Gasteiger charge is 2.19. The van der Waals surface area contributed by atoms with Gasteiger partial charge in [0.25, 0.3) is 0 Å². The summed E-state index contributed by atoms with van der Waals surface area (Å²) in [4.78, 5) is 2.24. The van der Waals surface area contributed by atoms with Gasteiger partial charge in [-0.3, -0.25) is 4.90 Å². The van der Waals surface area contributed by atoms with Crippen molar-refractivity contribution in [3.63, 3.8) is 0 Å². The molecule has 0 saturated carbocycles. The van der Waals surface area contributed by atoms with Crippen molar-refractivity contribution in [3.8, 4) is 11.8 Å². The minimum atomic E-state index is -0.201. The summed E-state index contributed by atoms with van der Waals surface area (Å²) in [5.74, 6) is 5.37. The molecule has 0 spiro atoms. The third-order valence-electron chi connectivity index (χ3n) is 3.46. The zero-order valence-corrected chi connectivity index (χ0v) is 11.9. The molecular formula is C16H21FN2O. The Hall–Kier alpha value is -1.41. The Kier molecular flexibility index (Phi) is 5.54. The average Bonchev–Trinajstić information content (AvgIpc) is 2.48. The first-order valence-corrected chi connectivity index (χ1v) is 7.04. The van der Waals surface area contributed by atoms with Crippen molar-refractivity contribution in [3.05, 3.63) is 35.1 Å². The van der Waals surface area contributed by atoms with E-state index in [1.54, 1.807) is 0 Å². The van der Waals surface area contributed by atoms with Crippen LogP contribution in [-0.2, 0) is 11.3 Å². The molecule has 1 aromatic carbocycles. The number of morpholine rings is 1. The average molecular weight is 276 g/mol. The summed E-state index contributed by atoms with van der Waals surface area (Å²) in [6.07, 6.45) is 1.26. The molecule has 3 nitrogen and oxygen atoms in total. The maximum Gasteiger partial charge on any atom is 0.128 e. The number of nitrogens with two attached hydrogens (primary N) is 1. The maximum absolute atomic E-state index is 14.1. The Bertz CT molecular complexity index is 507. The van der Waals surface area contributed by atoms with Gasteiger partial charge in [-0.05, 0) is 18.6 Å². The van der Waals surface area contributed by atoms with Crippen molar-refractivity contribution in [2.45, 2.75) is 26.0 Å². The van der Waals surface area contributed by atoms with Gasteiger partial charge in [0.2, 0.25) is 0 Å². The molecule has 0 aliphatic carbocycles. The molecule has 1 atom stereocenters. The van der Waals surface area contributed by atoms with Crippen LogP contribution in [0.2, 0.25) is 0 Å². The summed E-state index contributed by atoms with van der Waals surface area (Å²) in [6, 6.07) is 5.14. The molecule has 4 heteroatoms. The molecule has 108 valence electrons. The Labute approximate surface area is 119 Å². The van der Waals surface area contributed by atoms with Crippen molar-refractivity contribution < 1.29 is 9.13 Å². The largest absolute Gasteiger partial charge is 0.376 e. The number of ether oxygens (including phenoxy) is 1. The van der Waals surface area contributed by atoms with E-state index in [1.165, 1.54) is 6.07 Å². The van der Waals surface area contributed by atoms with Crippen LogP contribution in [0.4, 0.5) is 4.39 Å². The second-order valence-electron chi connectivity index (χ2n) is 4.95.